The molecule has 5 heteroatoms. The van der Waals surface area contributed by atoms with Crippen molar-refractivity contribution in [1.82, 2.24) is 15.5 Å². The van der Waals surface area contributed by atoms with Gasteiger partial charge in [-0.2, -0.15) is 0 Å². The van der Waals surface area contributed by atoms with Crippen molar-refractivity contribution in [1.29, 1.82) is 0 Å². The zero-order chi connectivity index (χ0) is 20.6. The summed E-state index contributed by atoms with van der Waals surface area (Å²) >= 11 is 0. The first-order chi connectivity index (χ1) is 14.8. The smallest absolute Gasteiger partial charge is 0.251 e. The number of aromatic nitrogens is 2. The van der Waals surface area contributed by atoms with E-state index in [0.717, 1.165) is 23.4 Å². The molecule has 1 aromatic heterocycles. The van der Waals surface area contributed by atoms with Gasteiger partial charge in [-0.1, -0.05) is 48.0 Å². The predicted molar refractivity (Wildman–Crippen MR) is 121 cm³/mol. The van der Waals surface area contributed by atoms with Gasteiger partial charge in [-0.25, -0.2) is 0 Å². The minimum atomic E-state index is -0.0550. The number of carbonyl (C=O) groups excluding carboxylic acids is 1. The van der Waals surface area contributed by atoms with Gasteiger partial charge in [0.15, 0.2) is 5.82 Å². The fourth-order valence-electron chi connectivity index (χ4n) is 3.62. The Bertz CT molecular complexity index is 1010. The van der Waals surface area contributed by atoms with Gasteiger partial charge in [0, 0.05) is 23.4 Å². The summed E-state index contributed by atoms with van der Waals surface area (Å²) in [5.74, 6) is 0.581. The zero-order valence-electron chi connectivity index (χ0n) is 17.0. The second kappa shape index (κ2) is 9.83. The van der Waals surface area contributed by atoms with Gasteiger partial charge < -0.3 is 10.6 Å². The van der Waals surface area contributed by atoms with Crippen molar-refractivity contribution in [3.8, 4) is 11.3 Å². The summed E-state index contributed by atoms with van der Waals surface area (Å²) in [6, 6.07) is 21.2. The van der Waals surface area contributed by atoms with E-state index in [2.05, 4.69) is 26.9 Å². The number of allylic oxidation sites excluding steroid dienone is 1. The molecule has 0 fully saturated rings. The third kappa shape index (κ3) is 5.32. The van der Waals surface area contributed by atoms with Crippen LogP contribution in [0.15, 0.2) is 78.4 Å². The van der Waals surface area contributed by atoms with Crippen molar-refractivity contribution in [2.24, 2.45) is 0 Å². The topological polar surface area (TPSA) is 66.9 Å². The molecule has 2 aromatic carbocycles. The van der Waals surface area contributed by atoms with E-state index in [1.165, 1.54) is 31.3 Å². The molecule has 1 heterocycles. The van der Waals surface area contributed by atoms with Gasteiger partial charge >= 0.3 is 0 Å². The number of hydrogen-bond acceptors (Lipinski definition) is 4. The Hall–Kier alpha value is -3.47. The van der Waals surface area contributed by atoms with Crippen LogP contribution in [0, 0.1) is 0 Å². The summed E-state index contributed by atoms with van der Waals surface area (Å²) < 4.78 is 0. The van der Waals surface area contributed by atoms with E-state index in [0.29, 0.717) is 17.9 Å². The Balaban J connectivity index is 1.34. The first-order valence-corrected chi connectivity index (χ1v) is 10.5. The summed E-state index contributed by atoms with van der Waals surface area (Å²) in [5, 5.41) is 14.8. The Morgan fingerprint density at radius 3 is 2.60 bits per heavy atom. The molecule has 1 amide bonds. The van der Waals surface area contributed by atoms with Gasteiger partial charge in [0.05, 0.1) is 5.69 Å². The second-order valence-electron chi connectivity index (χ2n) is 7.49. The van der Waals surface area contributed by atoms with Crippen LogP contribution in [0.5, 0.6) is 0 Å². The number of anilines is 2. The largest absolute Gasteiger partial charge is 0.352 e. The Morgan fingerprint density at radius 2 is 1.83 bits per heavy atom. The number of nitrogens with one attached hydrogen (secondary N) is 2. The lowest BCUT2D eigenvalue weighted by atomic mass is 9.97. The molecule has 152 valence electrons. The number of hydrogen-bond donors (Lipinski definition) is 2. The van der Waals surface area contributed by atoms with Gasteiger partial charge in [0.2, 0.25) is 0 Å². The molecule has 0 saturated heterocycles. The van der Waals surface area contributed by atoms with Crippen LogP contribution in [0.1, 0.15) is 42.5 Å². The monoisotopic (exact) mass is 398 g/mol. The highest BCUT2D eigenvalue weighted by molar-refractivity contribution is 5.95. The maximum absolute atomic E-state index is 12.5. The van der Waals surface area contributed by atoms with Gasteiger partial charge in [0.25, 0.3) is 5.91 Å². The minimum Gasteiger partial charge on any atom is -0.352 e. The van der Waals surface area contributed by atoms with Crippen molar-refractivity contribution >= 4 is 17.4 Å². The summed E-state index contributed by atoms with van der Waals surface area (Å²) in [4.78, 5) is 12.5. The lowest BCUT2D eigenvalue weighted by Crippen LogP contribution is -2.24. The van der Waals surface area contributed by atoms with Crippen LogP contribution >= 0.6 is 0 Å². The Labute approximate surface area is 177 Å². The third-order valence-corrected chi connectivity index (χ3v) is 5.25. The van der Waals surface area contributed by atoms with Crippen LogP contribution in [0.25, 0.3) is 11.3 Å². The second-order valence-corrected chi connectivity index (χ2v) is 7.49. The van der Waals surface area contributed by atoms with Crippen molar-refractivity contribution in [2.75, 3.05) is 11.9 Å². The van der Waals surface area contributed by atoms with Gasteiger partial charge in [-0.3, -0.25) is 4.79 Å². The van der Waals surface area contributed by atoms with Crippen molar-refractivity contribution in [3.63, 3.8) is 0 Å². The standard InChI is InChI=1S/C25H26N4O/c30-25(26-17-16-19-8-3-1-4-9-19)21-12-7-13-22(18-21)27-24-15-14-23(28-29-24)20-10-5-2-6-11-20/h2,5-8,10-15,18H,1,3-4,9,16-17H2,(H,26,30)(H,27,29). The normalized spacial score (nSPS) is 13.4. The van der Waals surface area contributed by atoms with Crippen LogP contribution in [0.2, 0.25) is 0 Å². The van der Waals surface area contributed by atoms with Crippen LogP contribution in [-0.2, 0) is 0 Å². The number of nitrogens with zero attached hydrogens (tertiary/aromatic N) is 2. The highest BCUT2D eigenvalue weighted by atomic mass is 16.1. The average Bonchev–Trinajstić information content (AvgIpc) is 2.81. The maximum Gasteiger partial charge on any atom is 0.251 e. The van der Waals surface area contributed by atoms with Crippen LogP contribution < -0.4 is 10.6 Å². The number of benzene rings is 2. The molecule has 5 nitrogen and oxygen atoms in total. The molecule has 1 aliphatic carbocycles. The van der Waals surface area contributed by atoms with E-state index in [4.69, 9.17) is 0 Å². The maximum atomic E-state index is 12.5. The van der Waals surface area contributed by atoms with E-state index in [9.17, 15) is 4.79 Å². The molecule has 4 rings (SSSR count). The molecule has 30 heavy (non-hydrogen) atoms. The molecule has 0 saturated carbocycles. The van der Waals surface area contributed by atoms with E-state index >= 15 is 0 Å². The molecular weight excluding hydrogens is 372 g/mol. The highest BCUT2D eigenvalue weighted by Gasteiger charge is 2.08. The molecule has 3 aromatic rings. The summed E-state index contributed by atoms with van der Waals surface area (Å²) in [6.45, 7) is 0.675. The molecule has 0 unspecified atom stereocenters. The SMILES string of the molecule is O=C(NCCC1=CCCCC1)c1cccc(Nc2ccc(-c3ccccc3)nn2)c1. The third-order valence-electron chi connectivity index (χ3n) is 5.25. The molecule has 2 N–H and O–H groups in total. The first-order valence-electron chi connectivity index (χ1n) is 10.5. The van der Waals surface area contributed by atoms with E-state index < -0.39 is 0 Å². The zero-order valence-corrected chi connectivity index (χ0v) is 17.0. The molecule has 1 aliphatic rings. The predicted octanol–water partition coefficient (Wildman–Crippen LogP) is 5.51. The fourth-order valence-corrected chi connectivity index (χ4v) is 3.62. The van der Waals surface area contributed by atoms with Gasteiger partial charge in [-0.05, 0) is 62.4 Å². The van der Waals surface area contributed by atoms with Crippen molar-refractivity contribution in [2.45, 2.75) is 32.1 Å². The average molecular weight is 399 g/mol. The van der Waals surface area contributed by atoms with E-state index in [1.54, 1.807) is 0 Å². The highest BCUT2D eigenvalue weighted by Crippen LogP contribution is 2.21. The first kappa shape index (κ1) is 19.8. The van der Waals surface area contributed by atoms with Crippen molar-refractivity contribution < 1.29 is 4.79 Å². The molecule has 0 aliphatic heterocycles. The summed E-state index contributed by atoms with van der Waals surface area (Å²) in [5.41, 5.74) is 4.75. The van der Waals surface area contributed by atoms with Gasteiger partial charge in [0.1, 0.15) is 0 Å². The Kier molecular flexibility index (Phi) is 6.50. The molecule has 0 atom stereocenters. The molecule has 0 spiro atoms. The molecule has 0 radical (unpaired) electrons. The lowest BCUT2D eigenvalue weighted by molar-refractivity contribution is 0.0954. The van der Waals surface area contributed by atoms with Crippen LogP contribution in [0.3, 0.4) is 0 Å². The number of amides is 1. The molecular formula is C25H26N4O. The lowest BCUT2D eigenvalue weighted by Gasteiger charge is -2.13. The number of carbonyl (C=O) groups is 1. The van der Waals surface area contributed by atoms with E-state index in [1.807, 2.05) is 66.7 Å². The summed E-state index contributed by atoms with van der Waals surface area (Å²) in [7, 11) is 0. The van der Waals surface area contributed by atoms with E-state index in [-0.39, 0.29) is 5.91 Å². The van der Waals surface area contributed by atoms with Crippen molar-refractivity contribution in [3.05, 3.63) is 83.9 Å². The van der Waals surface area contributed by atoms with Crippen LogP contribution in [-0.4, -0.2) is 22.6 Å². The summed E-state index contributed by atoms with van der Waals surface area (Å²) in [6.07, 6.45) is 8.15. The van der Waals surface area contributed by atoms with Gasteiger partial charge in [-0.15, -0.1) is 10.2 Å². The Morgan fingerprint density at radius 1 is 0.933 bits per heavy atom. The fraction of sp³-hybridized carbons (Fsp3) is 0.240. The number of rotatable bonds is 7. The van der Waals surface area contributed by atoms with Crippen LogP contribution in [0.4, 0.5) is 11.5 Å². The quantitative estimate of drug-likeness (QED) is 0.515. The minimum absolute atomic E-state index is 0.0550. The molecule has 0 bridgehead atoms.